The Labute approximate surface area is 116 Å². The van der Waals surface area contributed by atoms with Gasteiger partial charge in [-0.25, -0.2) is 4.98 Å². The van der Waals surface area contributed by atoms with Crippen LogP contribution in [0.4, 0.5) is 0 Å². The molecule has 19 heavy (non-hydrogen) atoms. The van der Waals surface area contributed by atoms with Crippen molar-refractivity contribution in [2.45, 2.75) is 38.0 Å². The highest BCUT2D eigenvalue weighted by atomic mass is 32.1. The van der Waals surface area contributed by atoms with Crippen LogP contribution < -0.4 is 0 Å². The van der Waals surface area contributed by atoms with Crippen molar-refractivity contribution < 1.29 is 4.79 Å². The van der Waals surface area contributed by atoms with Crippen LogP contribution in [0.3, 0.4) is 0 Å². The van der Waals surface area contributed by atoms with E-state index in [2.05, 4.69) is 24.3 Å². The number of aromatic nitrogens is 1. The molecule has 96 valence electrons. The molecule has 0 spiro atoms. The standard InChI is InChI=1S/C16H15NOS/c18-14-7-3-6-13-15(14)19-16(17-13)12-8-10-4-1-2-5-11(10)9-12/h1-2,4-5,12H,3,6-9H2. The van der Waals surface area contributed by atoms with Crippen molar-refractivity contribution in [3.8, 4) is 0 Å². The van der Waals surface area contributed by atoms with Gasteiger partial charge in [0.25, 0.3) is 0 Å². The number of carbonyl (C=O) groups excluding carboxylic acids is 1. The number of benzene rings is 1. The van der Waals surface area contributed by atoms with Crippen LogP contribution in [0.1, 0.15) is 50.3 Å². The molecule has 0 bridgehead atoms. The maximum Gasteiger partial charge on any atom is 0.174 e. The zero-order valence-electron chi connectivity index (χ0n) is 10.7. The molecular formula is C16H15NOS. The van der Waals surface area contributed by atoms with Crippen LogP contribution >= 0.6 is 11.3 Å². The van der Waals surface area contributed by atoms with E-state index in [9.17, 15) is 4.79 Å². The lowest BCUT2D eigenvalue weighted by Crippen LogP contribution is -2.07. The van der Waals surface area contributed by atoms with Gasteiger partial charge in [0.1, 0.15) is 0 Å². The molecule has 0 saturated carbocycles. The van der Waals surface area contributed by atoms with E-state index in [1.807, 2.05) is 0 Å². The van der Waals surface area contributed by atoms with E-state index in [4.69, 9.17) is 4.98 Å². The molecule has 1 aromatic carbocycles. The number of Topliss-reactive ketones (excluding diaryl/α,β-unsaturated/α-hetero) is 1. The minimum atomic E-state index is 0.306. The van der Waals surface area contributed by atoms with Gasteiger partial charge in [0.15, 0.2) is 5.78 Å². The summed E-state index contributed by atoms with van der Waals surface area (Å²) in [5, 5.41) is 1.18. The molecule has 2 aliphatic carbocycles. The third-order valence-corrected chi connectivity index (χ3v) is 5.49. The Balaban J connectivity index is 1.67. The maximum atomic E-state index is 11.9. The number of aryl methyl sites for hydroxylation is 1. The first kappa shape index (κ1) is 11.4. The van der Waals surface area contributed by atoms with Gasteiger partial charge >= 0.3 is 0 Å². The third-order valence-electron chi connectivity index (χ3n) is 4.18. The zero-order valence-corrected chi connectivity index (χ0v) is 11.5. The monoisotopic (exact) mass is 269 g/mol. The summed E-state index contributed by atoms with van der Waals surface area (Å²) in [6, 6.07) is 8.65. The minimum Gasteiger partial charge on any atom is -0.293 e. The van der Waals surface area contributed by atoms with E-state index in [1.54, 1.807) is 11.3 Å². The number of nitrogens with zero attached hydrogens (tertiary/aromatic N) is 1. The number of hydrogen-bond donors (Lipinski definition) is 0. The minimum absolute atomic E-state index is 0.306. The molecule has 1 heterocycles. The number of carbonyl (C=O) groups is 1. The Morgan fingerprint density at radius 1 is 1.11 bits per heavy atom. The summed E-state index contributed by atoms with van der Waals surface area (Å²) in [5.41, 5.74) is 3.96. The van der Waals surface area contributed by atoms with Crippen molar-refractivity contribution >= 4 is 17.1 Å². The summed E-state index contributed by atoms with van der Waals surface area (Å²) in [4.78, 5) is 17.6. The van der Waals surface area contributed by atoms with Crippen molar-refractivity contribution in [3.05, 3.63) is 51.0 Å². The second-order valence-corrected chi connectivity index (χ2v) is 6.51. The van der Waals surface area contributed by atoms with Crippen molar-refractivity contribution in [3.63, 3.8) is 0 Å². The van der Waals surface area contributed by atoms with Crippen LogP contribution in [0, 0.1) is 0 Å². The van der Waals surface area contributed by atoms with Gasteiger partial charge in [-0.2, -0.15) is 0 Å². The van der Waals surface area contributed by atoms with E-state index in [1.165, 1.54) is 16.1 Å². The zero-order chi connectivity index (χ0) is 12.8. The smallest absolute Gasteiger partial charge is 0.174 e. The highest BCUT2D eigenvalue weighted by Crippen LogP contribution is 2.38. The van der Waals surface area contributed by atoms with Crippen LogP contribution in [0.15, 0.2) is 24.3 Å². The number of ketones is 1. The van der Waals surface area contributed by atoms with Crippen LogP contribution in [-0.4, -0.2) is 10.8 Å². The van der Waals surface area contributed by atoms with Crippen LogP contribution in [0.2, 0.25) is 0 Å². The third kappa shape index (κ3) is 1.84. The molecule has 1 aromatic heterocycles. The lowest BCUT2D eigenvalue weighted by atomic mass is 10.0. The topological polar surface area (TPSA) is 30.0 Å². The van der Waals surface area contributed by atoms with Crippen molar-refractivity contribution in [1.82, 2.24) is 4.98 Å². The van der Waals surface area contributed by atoms with E-state index in [-0.39, 0.29) is 0 Å². The summed E-state index contributed by atoms with van der Waals surface area (Å²) in [5.74, 6) is 0.793. The Bertz CT molecular complexity index is 634. The van der Waals surface area contributed by atoms with E-state index >= 15 is 0 Å². The normalized spacial score (nSPS) is 18.4. The fraction of sp³-hybridized carbons (Fsp3) is 0.375. The van der Waals surface area contributed by atoms with Gasteiger partial charge in [0, 0.05) is 12.3 Å². The lowest BCUT2D eigenvalue weighted by Gasteiger charge is -2.06. The van der Waals surface area contributed by atoms with Crippen molar-refractivity contribution in [1.29, 1.82) is 0 Å². The molecule has 0 aliphatic heterocycles. The Hall–Kier alpha value is -1.48. The van der Waals surface area contributed by atoms with Crippen LogP contribution in [0.5, 0.6) is 0 Å². The second-order valence-electron chi connectivity index (χ2n) is 5.48. The average molecular weight is 269 g/mol. The Kier molecular flexibility index (Phi) is 2.55. The molecule has 0 fully saturated rings. The fourth-order valence-corrected chi connectivity index (χ4v) is 4.38. The molecule has 0 saturated heterocycles. The molecule has 4 rings (SSSR count). The first-order valence-corrected chi connectivity index (χ1v) is 7.72. The first-order chi connectivity index (χ1) is 9.31. The summed E-state index contributed by atoms with van der Waals surface area (Å²) in [6.07, 6.45) is 4.82. The fourth-order valence-electron chi connectivity index (χ4n) is 3.20. The summed E-state index contributed by atoms with van der Waals surface area (Å²) >= 11 is 1.65. The van der Waals surface area contributed by atoms with Gasteiger partial charge < -0.3 is 0 Å². The van der Waals surface area contributed by atoms with Crippen LogP contribution in [-0.2, 0) is 19.3 Å². The molecule has 0 radical (unpaired) electrons. The van der Waals surface area contributed by atoms with E-state index < -0.39 is 0 Å². The summed E-state index contributed by atoms with van der Waals surface area (Å²) in [6.45, 7) is 0. The SMILES string of the molecule is O=C1CCCc2nc(C3Cc4ccccc4C3)sc21. The summed E-state index contributed by atoms with van der Waals surface area (Å²) < 4.78 is 0. The molecule has 0 unspecified atom stereocenters. The Morgan fingerprint density at radius 3 is 2.53 bits per heavy atom. The molecular weight excluding hydrogens is 254 g/mol. The Morgan fingerprint density at radius 2 is 1.84 bits per heavy atom. The van der Waals surface area contributed by atoms with Gasteiger partial charge in [0.05, 0.1) is 15.6 Å². The van der Waals surface area contributed by atoms with E-state index in [0.29, 0.717) is 18.1 Å². The van der Waals surface area contributed by atoms with Gasteiger partial charge in [-0.3, -0.25) is 4.79 Å². The highest BCUT2D eigenvalue weighted by Gasteiger charge is 2.29. The molecule has 2 aromatic rings. The molecule has 2 nitrogen and oxygen atoms in total. The quantitative estimate of drug-likeness (QED) is 0.792. The second kappa shape index (κ2) is 4.27. The maximum absolute atomic E-state index is 11.9. The molecule has 3 heteroatoms. The van der Waals surface area contributed by atoms with Crippen molar-refractivity contribution in [2.75, 3.05) is 0 Å². The largest absolute Gasteiger partial charge is 0.293 e. The molecule has 2 aliphatic rings. The predicted molar refractivity (Wildman–Crippen MR) is 76.0 cm³/mol. The van der Waals surface area contributed by atoms with Gasteiger partial charge in [0.2, 0.25) is 0 Å². The number of fused-ring (bicyclic) bond motifs is 2. The van der Waals surface area contributed by atoms with Gasteiger partial charge in [-0.05, 0) is 36.8 Å². The van der Waals surface area contributed by atoms with Gasteiger partial charge in [-0.1, -0.05) is 24.3 Å². The molecule has 0 N–H and O–H groups in total. The number of thiazole rings is 1. The average Bonchev–Trinajstić information content (AvgIpc) is 3.02. The summed E-state index contributed by atoms with van der Waals surface area (Å²) in [7, 11) is 0. The van der Waals surface area contributed by atoms with Crippen molar-refractivity contribution in [2.24, 2.45) is 0 Å². The molecule has 0 atom stereocenters. The van der Waals surface area contributed by atoms with E-state index in [0.717, 1.165) is 36.3 Å². The van der Waals surface area contributed by atoms with Gasteiger partial charge in [-0.15, -0.1) is 11.3 Å². The number of rotatable bonds is 1. The first-order valence-electron chi connectivity index (χ1n) is 6.91. The van der Waals surface area contributed by atoms with Crippen LogP contribution in [0.25, 0.3) is 0 Å². The lowest BCUT2D eigenvalue weighted by molar-refractivity contribution is 0.0976. The molecule has 0 amide bonds. The predicted octanol–water partition coefficient (Wildman–Crippen LogP) is 3.54. The number of hydrogen-bond acceptors (Lipinski definition) is 3. The highest BCUT2D eigenvalue weighted by molar-refractivity contribution is 7.14.